The molecule has 0 radical (unpaired) electrons. The molecule has 1 N–H and O–H groups in total. The lowest BCUT2D eigenvalue weighted by Crippen LogP contribution is -2.30. The summed E-state index contributed by atoms with van der Waals surface area (Å²) in [7, 11) is 4.31. The normalized spacial score (nSPS) is 24.6. The van der Waals surface area contributed by atoms with Crippen molar-refractivity contribution in [3.05, 3.63) is 34.9 Å². The van der Waals surface area contributed by atoms with E-state index >= 15 is 0 Å². The molecule has 1 unspecified atom stereocenters. The van der Waals surface area contributed by atoms with Gasteiger partial charge in [0.25, 0.3) is 0 Å². The van der Waals surface area contributed by atoms with Crippen LogP contribution in [0.25, 0.3) is 0 Å². The molecule has 0 heterocycles. The van der Waals surface area contributed by atoms with Crippen LogP contribution in [0, 0.1) is 11.8 Å². The first-order valence-electron chi connectivity index (χ1n) is 7.69. The molecule has 4 heteroatoms. The fourth-order valence-corrected chi connectivity index (χ4v) is 3.71. The summed E-state index contributed by atoms with van der Waals surface area (Å²) in [5.41, 5.74) is 1.35. The molecule has 3 nitrogen and oxygen atoms in total. The van der Waals surface area contributed by atoms with E-state index < -0.39 is 0 Å². The minimum atomic E-state index is 0.453. The largest absolute Gasteiger partial charge is 0.411 e. The van der Waals surface area contributed by atoms with Gasteiger partial charge < -0.3 is 10.1 Å². The van der Waals surface area contributed by atoms with Gasteiger partial charge >= 0.3 is 0 Å². The van der Waals surface area contributed by atoms with Gasteiger partial charge in [-0.1, -0.05) is 23.7 Å². The summed E-state index contributed by atoms with van der Waals surface area (Å²) in [5, 5.41) is 12.4. The van der Waals surface area contributed by atoms with Crippen molar-refractivity contribution < 1.29 is 5.21 Å². The van der Waals surface area contributed by atoms with E-state index in [0.29, 0.717) is 17.9 Å². The Bertz CT molecular complexity index is 450. The monoisotopic (exact) mass is 308 g/mol. The van der Waals surface area contributed by atoms with Crippen molar-refractivity contribution in [2.45, 2.75) is 38.1 Å². The number of oxime groups is 1. The first-order valence-corrected chi connectivity index (χ1v) is 8.07. The molecule has 0 aromatic heterocycles. The molecule has 21 heavy (non-hydrogen) atoms. The Balaban J connectivity index is 2.02. The van der Waals surface area contributed by atoms with E-state index in [4.69, 9.17) is 16.8 Å². The Kier molecular flexibility index (Phi) is 6.07. The van der Waals surface area contributed by atoms with Crippen LogP contribution in [-0.2, 0) is 0 Å². The first kappa shape index (κ1) is 16.3. The van der Waals surface area contributed by atoms with Crippen molar-refractivity contribution in [2.75, 3.05) is 14.1 Å². The summed E-state index contributed by atoms with van der Waals surface area (Å²) in [6.45, 7) is 0. The molecule has 0 saturated heterocycles. The van der Waals surface area contributed by atoms with E-state index in [0.717, 1.165) is 11.4 Å². The van der Waals surface area contributed by atoms with Crippen LogP contribution in [0.5, 0.6) is 0 Å². The predicted molar refractivity (Wildman–Crippen MR) is 88.2 cm³/mol. The van der Waals surface area contributed by atoms with Crippen LogP contribution in [-0.4, -0.2) is 30.4 Å². The minimum Gasteiger partial charge on any atom is -0.411 e. The van der Waals surface area contributed by atoms with E-state index in [9.17, 15) is 0 Å². The van der Waals surface area contributed by atoms with E-state index in [2.05, 4.69) is 36.3 Å². The zero-order valence-corrected chi connectivity index (χ0v) is 13.6. The summed E-state index contributed by atoms with van der Waals surface area (Å²) in [6.07, 6.45) is 7.43. The highest BCUT2D eigenvalue weighted by Gasteiger charge is 2.29. The van der Waals surface area contributed by atoms with Gasteiger partial charge in [-0.2, -0.15) is 0 Å². The second-order valence-electron chi connectivity index (χ2n) is 6.27. The zero-order chi connectivity index (χ0) is 15.2. The van der Waals surface area contributed by atoms with Gasteiger partial charge in [0, 0.05) is 17.3 Å². The third-order valence-electron chi connectivity index (χ3n) is 4.63. The fourth-order valence-electron chi connectivity index (χ4n) is 3.59. The lowest BCUT2D eigenvalue weighted by molar-refractivity contribution is 0.151. The van der Waals surface area contributed by atoms with Gasteiger partial charge in [-0.3, -0.25) is 0 Å². The first-order chi connectivity index (χ1) is 10.1. The number of hydrogen-bond donors (Lipinski definition) is 1. The predicted octanol–water partition coefficient (Wildman–Crippen LogP) is 4.60. The van der Waals surface area contributed by atoms with E-state index in [1.54, 1.807) is 6.21 Å². The fraction of sp³-hybridized carbons (Fsp3) is 0.588. The molecular formula is C17H25ClN2O. The summed E-state index contributed by atoms with van der Waals surface area (Å²) in [5.74, 6) is 1.36. The number of nitrogens with zero attached hydrogens (tertiary/aromatic N) is 2. The lowest BCUT2D eigenvalue weighted by Gasteiger charge is -2.37. The maximum atomic E-state index is 8.53. The van der Waals surface area contributed by atoms with Crippen LogP contribution >= 0.6 is 11.6 Å². The number of hydrogen-bond acceptors (Lipinski definition) is 3. The van der Waals surface area contributed by atoms with Gasteiger partial charge in [0.15, 0.2) is 0 Å². The maximum absolute atomic E-state index is 8.53. The van der Waals surface area contributed by atoms with Gasteiger partial charge in [0.05, 0.1) is 0 Å². The van der Waals surface area contributed by atoms with Crippen LogP contribution in [0.4, 0.5) is 0 Å². The maximum Gasteiger partial charge on any atom is 0.0438 e. The van der Waals surface area contributed by atoms with Gasteiger partial charge in [0.1, 0.15) is 0 Å². The van der Waals surface area contributed by atoms with Gasteiger partial charge in [-0.05, 0) is 75.7 Å². The standard InChI is InChI=1S/C17H25ClN2O/c1-20(2)17(15-7-9-16(18)10-8-15)14-5-3-13(4-6-14)11-12-19-21/h7-10,12-14,17,21H,3-6,11H2,1-2H3. The molecule has 1 aliphatic carbocycles. The second-order valence-corrected chi connectivity index (χ2v) is 6.71. The lowest BCUT2D eigenvalue weighted by atomic mass is 9.75. The van der Waals surface area contributed by atoms with E-state index in [1.165, 1.54) is 31.2 Å². The molecule has 1 atom stereocenters. The third-order valence-corrected chi connectivity index (χ3v) is 4.88. The summed E-state index contributed by atoms with van der Waals surface area (Å²) in [4.78, 5) is 2.32. The SMILES string of the molecule is CN(C)C(c1ccc(Cl)cc1)C1CCC(CC=NO)CC1. The highest BCUT2D eigenvalue weighted by molar-refractivity contribution is 6.30. The summed E-state index contributed by atoms with van der Waals surface area (Å²) in [6, 6.07) is 8.72. The molecule has 2 rings (SSSR count). The van der Waals surface area contributed by atoms with E-state index in [-0.39, 0.29) is 0 Å². The topological polar surface area (TPSA) is 35.8 Å². The Morgan fingerprint density at radius 2 is 1.86 bits per heavy atom. The summed E-state index contributed by atoms with van der Waals surface area (Å²) >= 11 is 6.00. The van der Waals surface area contributed by atoms with Crippen LogP contribution in [0.1, 0.15) is 43.7 Å². The Labute approximate surface area is 132 Å². The number of halogens is 1. The van der Waals surface area contributed by atoms with Gasteiger partial charge in [-0.25, -0.2) is 0 Å². The number of rotatable bonds is 5. The second kappa shape index (κ2) is 7.81. The Morgan fingerprint density at radius 1 is 1.24 bits per heavy atom. The summed E-state index contributed by atoms with van der Waals surface area (Å²) < 4.78 is 0. The molecule has 1 aromatic carbocycles. The van der Waals surface area contributed by atoms with Crippen molar-refractivity contribution in [2.24, 2.45) is 17.0 Å². The van der Waals surface area contributed by atoms with Crippen LogP contribution in [0.15, 0.2) is 29.4 Å². The quantitative estimate of drug-likeness (QED) is 0.490. The average Bonchev–Trinajstić information content (AvgIpc) is 2.48. The number of benzene rings is 1. The Hall–Kier alpha value is -1.06. The molecule has 0 amide bonds. The van der Waals surface area contributed by atoms with Crippen LogP contribution < -0.4 is 0 Å². The molecule has 1 fully saturated rings. The average molecular weight is 309 g/mol. The van der Waals surface area contributed by atoms with E-state index in [1.807, 2.05) is 12.1 Å². The van der Waals surface area contributed by atoms with Crippen molar-refractivity contribution in [1.29, 1.82) is 0 Å². The molecular weight excluding hydrogens is 284 g/mol. The Morgan fingerprint density at radius 3 is 2.38 bits per heavy atom. The smallest absolute Gasteiger partial charge is 0.0438 e. The molecule has 1 aromatic rings. The van der Waals surface area contributed by atoms with Crippen molar-refractivity contribution in [1.82, 2.24) is 4.90 Å². The van der Waals surface area contributed by atoms with Crippen LogP contribution in [0.2, 0.25) is 5.02 Å². The molecule has 116 valence electrons. The highest BCUT2D eigenvalue weighted by Crippen LogP contribution is 2.40. The van der Waals surface area contributed by atoms with Crippen molar-refractivity contribution in [3.63, 3.8) is 0 Å². The molecule has 1 aliphatic rings. The molecule has 1 saturated carbocycles. The highest BCUT2D eigenvalue weighted by atomic mass is 35.5. The van der Waals surface area contributed by atoms with Gasteiger partial charge in [0.2, 0.25) is 0 Å². The zero-order valence-electron chi connectivity index (χ0n) is 12.9. The van der Waals surface area contributed by atoms with Crippen molar-refractivity contribution in [3.8, 4) is 0 Å². The minimum absolute atomic E-state index is 0.453. The van der Waals surface area contributed by atoms with Crippen LogP contribution in [0.3, 0.4) is 0 Å². The van der Waals surface area contributed by atoms with Crippen molar-refractivity contribution >= 4 is 17.8 Å². The molecule has 0 bridgehead atoms. The molecule has 0 aliphatic heterocycles. The molecule has 0 spiro atoms. The third kappa shape index (κ3) is 4.45. The van der Waals surface area contributed by atoms with Gasteiger partial charge in [-0.15, -0.1) is 5.16 Å².